The predicted molar refractivity (Wildman–Crippen MR) is 97.0 cm³/mol. The lowest BCUT2D eigenvalue weighted by Crippen LogP contribution is -2.31. The van der Waals surface area contributed by atoms with Crippen molar-refractivity contribution in [1.29, 1.82) is 0 Å². The van der Waals surface area contributed by atoms with Crippen molar-refractivity contribution in [1.82, 2.24) is 15.6 Å². The van der Waals surface area contributed by atoms with Crippen LogP contribution in [0.3, 0.4) is 0 Å². The Bertz CT molecular complexity index is 639. The minimum atomic E-state index is 0. The van der Waals surface area contributed by atoms with E-state index in [2.05, 4.69) is 27.8 Å². The Kier molecular flexibility index (Phi) is 6.57. The van der Waals surface area contributed by atoms with Gasteiger partial charge >= 0.3 is 0 Å². The van der Waals surface area contributed by atoms with Crippen LogP contribution >= 0.6 is 23.7 Å². The molecule has 1 aromatic carbocycles. The van der Waals surface area contributed by atoms with E-state index in [0.29, 0.717) is 19.0 Å². The molecule has 0 saturated carbocycles. The molecule has 6 heteroatoms. The molecule has 0 spiro atoms. The third-order valence-electron chi connectivity index (χ3n) is 3.95. The molecule has 1 fully saturated rings. The van der Waals surface area contributed by atoms with Crippen LogP contribution < -0.4 is 10.6 Å². The first-order valence-corrected chi connectivity index (χ1v) is 8.56. The lowest BCUT2D eigenvalue weighted by atomic mass is 10.1. The first-order valence-electron chi connectivity index (χ1n) is 7.74. The van der Waals surface area contributed by atoms with E-state index in [-0.39, 0.29) is 18.3 Å². The quantitative estimate of drug-likeness (QED) is 0.869. The molecule has 0 aliphatic carbocycles. The fourth-order valence-electron chi connectivity index (χ4n) is 2.70. The Morgan fingerprint density at radius 2 is 2.17 bits per heavy atom. The summed E-state index contributed by atoms with van der Waals surface area (Å²) in [5.74, 6) is 0.119. The summed E-state index contributed by atoms with van der Waals surface area (Å²) in [6, 6.07) is 10.5. The van der Waals surface area contributed by atoms with Gasteiger partial charge in [-0.05, 0) is 26.3 Å². The molecule has 1 unspecified atom stereocenters. The number of nitrogens with zero attached hydrogens (tertiary/aromatic N) is 1. The summed E-state index contributed by atoms with van der Waals surface area (Å²) >= 11 is 1.66. The van der Waals surface area contributed by atoms with Crippen molar-refractivity contribution in [2.24, 2.45) is 0 Å². The highest BCUT2D eigenvalue weighted by Crippen LogP contribution is 2.27. The second-order valence-electron chi connectivity index (χ2n) is 5.67. The Labute approximate surface area is 147 Å². The van der Waals surface area contributed by atoms with Gasteiger partial charge < -0.3 is 10.6 Å². The second-order valence-corrected chi connectivity index (χ2v) is 6.75. The monoisotopic (exact) mass is 351 g/mol. The largest absolute Gasteiger partial charge is 0.351 e. The van der Waals surface area contributed by atoms with Crippen LogP contribution in [-0.2, 0) is 11.3 Å². The van der Waals surface area contributed by atoms with E-state index in [0.717, 1.165) is 34.1 Å². The summed E-state index contributed by atoms with van der Waals surface area (Å²) in [5.41, 5.74) is 2.13. The van der Waals surface area contributed by atoms with Gasteiger partial charge in [-0.1, -0.05) is 30.3 Å². The summed E-state index contributed by atoms with van der Waals surface area (Å²) in [7, 11) is 0. The zero-order valence-electron chi connectivity index (χ0n) is 13.2. The summed E-state index contributed by atoms with van der Waals surface area (Å²) < 4.78 is 0. The molecule has 124 valence electrons. The molecular formula is C17H22ClN3OS. The Balaban J connectivity index is 0.00000192. The molecule has 23 heavy (non-hydrogen) atoms. The van der Waals surface area contributed by atoms with E-state index in [1.807, 2.05) is 25.1 Å². The topological polar surface area (TPSA) is 54.0 Å². The van der Waals surface area contributed by atoms with Crippen molar-refractivity contribution in [2.45, 2.75) is 38.8 Å². The van der Waals surface area contributed by atoms with Gasteiger partial charge in [-0.2, -0.15) is 0 Å². The first kappa shape index (κ1) is 17.9. The van der Waals surface area contributed by atoms with Crippen molar-refractivity contribution in [2.75, 3.05) is 6.54 Å². The molecule has 1 aliphatic heterocycles. The molecule has 1 atom stereocenters. The predicted octanol–water partition coefficient (Wildman–Crippen LogP) is 3.30. The molecule has 2 aromatic rings. The Morgan fingerprint density at radius 1 is 1.39 bits per heavy atom. The molecule has 2 N–H and O–H groups in total. The highest BCUT2D eigenvalue weighted by Gasteiger charge is 2.18. The maximum atomic E-state index is 12.0. The van der Waals surface area contributed by atoms with Crippen LogP contribution in [0.15, 0.2) is 30.3 Å². The van der Waals surface area contributed by atoms with Crippen LogP contribution in [0.25, 0.3) is 10.6 Å². The van der Waals surface area contributed by atoms with Crippen molar-refractivity contribution < 1.29 is 4.79 Å². The highest BCUT2D eigenvalue weighted by molar-refractivity contribution is 7.15. The first-order chi connectivity index (χ1) is 10.7. The van der Waals surface area contributed by atoms with Gasteiger partial charge in [-0.15, -0.1) is 23.7 Å². The fraction of sp³-hybridized carbons (Fsp3) is 0.412. The maximum absolute atomic E-state index is 12.0. The zero-order valence-corrected chi connectivity index (χ0v) is 14.8. The van der Waals surface area contributed by atoms with Crippen LogP contribution in [0.5, 0.6) is 0 Å². The Morgan fingerprint density at radius 3 is 2.87 bits per heavy atom. The van der Waals surface area contributed by atoms with Crippen molar-refractivity contribution in [3.63, 3.8) is 0 Å². The molecule has 1 saturated heterocycles. The summed E-state index contributed by atoms with van der Waals surface area (Å²) in [4.78, 5) is 17.7. The number of hydrogen-bond donors (Lipinski definition) is 2. The van der Waals surface area contributed by atoms with E-state index in [9.17, 15) is 4.79 Å². The molecule has 3 rings (SSSR count). The lowest BCUT2D eigenvalue weighted by Gasteiger charge is -2.09. The number of nitrogens with one attached hydrogen (secondary N) is 2. The fourth-order valence-corrected chi connectivity index (χ4v) is 3.71. The van der Waals surface area contributed by atoms with E-state index >= 15 is 0 Å². The lowest BCUT2D eigenvalue weighted by molar-refractivity contribution is -0.121. The van der Waals surface area contributed by atoms with E-state index in [4.69, 9.17) is 0 Å². The molecule has 2 heterocycles. The van der Waals surface area contributed by atoms with Gasteiger partial charge in [-0.25, -0.2) is 4.98 Å². The van der Waals surface area contributed by atoms with Crippen molar-refractivity contribution >= 4 is 29.7 Å². The zero-order chi connectivity index (χ0) is 15.4. The molecule has 1 aliphatic rings. The van der Waals surface area contributed by atoms with E-state index in [1.165, 1.54) is 6.42 Å². The van der Waals surface area contributed by atoms with Gasteiger partial charge in [0.15, 0.2) is 0 Å². The number of amides is 1. The third kappa shape index (κ3) is 4.77. The van der Waals surface area contributed by atoms with Crippen LogP contribution in [-0.4, -0.2) is 23.5 Å². The number of carbonyl (C=O) groups is 1. The number of halogens is 1. The molecule has 1 amide bonds. The second kappa shape index (κ2) is 8.43. The average molecular weight is 352 g/mol. The number of carbonyl (C=O) groups excluding carboxylic acids is 1. The van der Waals surface area contributed by atoms with Crippen LogP contribution in [0.2, 0.25) is 0 Å². The number of hydrogen-bond acceptors (Lipinski definition) is 4. The number of aryl methyl sites for hydroxylation is 1. The van der Waals surface area contributed by atoms with Gasteiger partial charge in [-0.3, -0.25) is 4.79 Å². The van der Waals surface area contributed by atoms with Crippen molar-refractivity contribution in [3.8, 4) is 10.6 Å². The third-order valence-corrected chi connectivity index (χ3v) is 5.16. The summed E-state index contributed by atoms with van der Waals surface area (Å²) in [6.07, 6.45) is 2.85. The SMILES string of the molecule is Cc1nc(-c2ccccc2)sc1CNC(=O)CC1CCCN1.Cl. The molecule has 0 radical (unpaired) electrons. The Hall–Kier alpha value is -1.43. The summed E-state index contributed by atoms with van der Waals surface area (Å²) in [6.45, 7) is 3.61. The number of aromatic nitrogens is 1. The number of thiazole rings is 1. The van der Waals surface area contributed by atoms with Gasteiger partial charge in [0.1, 0.15) is 5.01 Å². The number of rotatable bonds is 5. The van der Waals surface area contributed by atoms with Gasteiger partial charge in [0.2, 0.25) is 5.91 Å². The van der Waals surface area contributed by atoms with Gasteiger partial charge in [0.25, 0.3) is 0 Å². The van der Waals surface area contributed by atoms with Crippen molar-refractivity contribution in [3.05, 3.63) is 40.9 Å². The van der Waals surface area contributed by atoms with E-state index < -0.39 is 0 Å². The normalized spacial score (nSPS) is 16.8. The molecule has 4 nitrogen and oxygen atoms in total. The molecular weight excluding hydrogens is 330 g/mol. The smallest absolute Gasteiger partial charge is 0.221 e. The minimum Gasteiger partial charge on any atom is -0.351 e. The molecule has 1 aromatic heterocycles. The molecule has 0 bridgehead atoms. The average Bonchev–Trinajstić information content (AvgIpc) is 3.16. The van der Waals surface area contributed by atoms with Gasteiger partial charge in [0.05, 0.1) is 12.2 Å². The van der Waals surface area contributed by atoms with E-state index in [1.54, 1.807) is 11.3 Å². The standard InChI is InChI=1S/C17H21N3OS.ClH/c1-12-15(11-19-16(21)10-14-8-5-9-18-14)22-17(20-12)13-6-3-2-4-7-13;/h2-4,6-7,14,18H,5,8-11H2,1H3,(H,19,21);1H. The van der Waals surface area contributed by atoms with Crippen LogP contribution in [0.1, 0.15) is 29.8 Å². The van der Waals surface area contributed by atoms with Gasteiger partial charge in [0, 0.05) is 22.9 Å². The van der Waals surface area contributed by atoms with Crippen LogP contribution in [0, 0.1) is 6.92 Å². The summed E-state index contributed by atoms with van der Waals surface area (Å²) in [5, 5.41) is 7.39. The highest BCUT2D eigenvalue weighted by atomic mass is 35.5. The van der Waals surface area contributed by atoms with Crippen LogP contribution in [0.4, 0.5) is 0 Å². The maximum Gasteiger partial charge on any atom is 0.221 e. The number of benzene rings is 1. The minimum absolute atomic E-state index is 0.